The lowest BCUT2D eigenvalue weighted by Gasteiger charge is -2.36. The lowest BCUT2D eigenvalue weighted by molar-refractivity contribution is 0.145. The Morgan fingerprint density at radius 3 is 2.53 bits per heavy atom. The van der Waals surface area contributed by atoms with Gasteiger partial charge in [0.25, 0.3) is 0 Å². The number of nitrogens with two attached hydrogens (primary N) is 1. The lowest BCUT2D eigenvalue weighted by atomic mass is 9.90. The van der Waals surface area contributed by atoms with Gasteiger partial charge >= 0.3 is 0 Å². The molecular formula is C17H28N2. The van der Waals surface area contributed by atoms with Crippen molar-refractivity contribution < 1.29 is 0 Å². The van der Waals surface area contributed by atoms with Crippen LogP contribution in [0.2, 0.25) is 0 Å². The molecule has 2 nitrogen and oxygen atoms in total. The molecule has 0 spiro atoms. The van der Waals surface area contributed by atoms with E-state index in [2.05, 4.69) is 49.9 Å². The van der Waals surface area contributed by atoms with Gasteiger partial charge in [0.2, 0.25) is 0 Å². The summed E-state index contributed by atoms with van der Waals surface area (Å²) < 4.78 is 0. The first-order valence-electron chi connectivity index (χ1n) is 7.67. The van der Waals surface area contributed by atoms with Crippen LogP contribution in [0.5, 0.6) is 0 Å². The van der Waals surface area contributed by atoms with E-state index in [1.165, 1.54) is 17.5 Å². The highest BCUT2D eigenvalue weighted by Gasteiger charge is 2.24. The number of rotatable bonds is 4. The summed E-state index contributed by atoms with van der Waals surface area (Å²) in [5.74, 6) is 1.29. The van der Waals surface area contributed by atoms with Crippen LogP contribution in [-0.2, 0) is 6.54 Å². The summed E-state index contributed by atoms with van der Waals surface area (Å²) in [5.41, 5.74) is 9.02. The van der Waals surface area contributed by atoms with E-state index in [0.717, 1.165) is 26.1 Å². The molecule has 2 heteroatoms. The largest absolute Gasteiger partial charge is 0.327 e. The Kier molecular flexibility index (Phi) is 5.00. The fourth-order valence-electron chi connectivity index (χ4n) is 2.97. The average Bonchev–Trinajstić information content (AvgIpc) is 2.41. The van der Waals surface area contributed by atoms with E-state index in [0.29, 0.717) is 17.9 Å². The minimum absolute atomic E-state index is 0.407. The first-order valence-corrected chi connectivity index (χ1v) is 7.67. The first kappa shape index (κ1) is 14.5. The molecule has 0 saturated carbocycles. The summed E-state index contributed by atoms with van der Waals surface area (Å²) in [6.07, 6.45) is 2.34. The monoisotopic (exact) mass is 260 g/mol. The molecular weight excluding hydrogens is 232 g/mol. The van der Waals surface area contributed by atoms with Crippen LogP contribution < -0.4 is 5.73 Å². The van der Waals surface area contributed by atoms with Gasteiger partial charge in [0.15, 0.2) is 0 Å². The molecule has 1 fully saturated rings. The quantitative estimate of drug-likeness (QED) is 0.899. The summed E-state index contributed by atoms with van der Waals surface area (Å²) in [7, 11) is 0. The third-order valence-corrected chi connectivity index (χ3v) is 4.45. The van der Waals surface area contributed by atoms with Crippen molar-refractivity contribution in [3.8, 4) is 0 Å². The minimum atomic E-state index is 0.407. The van der Waals surface area contributed by atoms with Crippen molar-refractivity contribution in [2.45, 2.75) is 52.1 Å². The van der Waals surface area contributed by atoms with Crippen molar-refractivity contribution in [2.75, 3.05) is 13.1 Å². The van der Waals surface area contributed by atoms with Crippen LogP contribution in [0.25, 0.3) is 0 Å². The van der Waals surface area contributed by atoms with Gasteiger partial charge in [-0.15, -0.1) is 0 Å². The zero-order chi connectivity index (χ0) is 13.8. The summed E-state index contributed by atoms with van der Waals surface area (Å²) in [6, 6.07) is 9.51. The molecule has 106 valence electrons. The van der Waals surface area contributed by atoms with E-state index in [-0.39, 0.29) is 0 Å². The van der Waals surface area contributed by atoms with Gasteiger partial charge in [0.05, 0.1) is 0 Å². The molecule has 2 unspecified atom stereocenters. The maximum atomic E-state index is 6.17. The summed E-state index contributed by atoms with van der Waals surface area (Å²) in [5, 5.41) is 0. The normalized spacial score (nSPS) is 24.9. The van der Waals surface area contributed by atoms with Crippen molar-refractivity contribution in [3.05, 3.63) is 35.4 Å². The number of hydrogen-bond donors (Lipinski definition) is 1. The fraction of sp³-hybridized carbons (Fsp3) is 0.647. The second-order valence-electron chi connectivity index (χ2n) is 6.25. The third kappa shape index (κ3) is 3.80. The molecule has 0 aromatic heterocycles. The molecule has 0 aliphatic carbocycles. The predicted molar refractivity (Wildman–Crippen MR) is 82.2 cm³/mol. The van der Waals surface area contributed by atoms with Gasteiger partial charge in [0, 0.05) is 19.1 Å². The van der Waals surface area contributed by atoms with Gasteiger partial charge in [-0.1, -0.05) is 51.5 Å². The van der Waals surface area contributed by atoms with E-state index in [1.54, 1.807) is 0 Å². The maximum absolute atomic E-state index is 6.17. The van der Waals surface area contributed by atoms with E-state index in [9.17, 15) is 0 Å². The molecule has 19 heavy (non-hydrogen) atoms. The Balaban J connectivity index is 1.94. The Morgan fingerprint density at radius 2 is 1.95 bits per heavy atom. The zero-order valence-corrected chi connectivity index (χ0v) is 12.6. The predicted octanol–water partition coefficient (Wildman–Crippen LogP) is 3.37. The lowest BCUT2D eigenvalue weighted by Crippen LogP contribution is -2.46. The molecule has 2 rings (SSSR count). The van der Waals surface area contributed by atoms with Crippen molar-refractivity contribution in [1.29, 1.82) is 0 Å². The van der Waals surface area contributed by atoms with Crippen LogP contribution in [0.3, 0.4) is 0 Å². The van der Waals surface area contributed by atoms with Crippen LogP contribution in [0.1, 0.15) is 50.7 Å². The van der Waals surface area contributed by atoms with Crippen molar-refractivity contribution in [1.82, 2.24) is 4.90 Å². The summed E-state index contributed by atoms with van der Waals surface area (Å²) in [4.78, 5) is 2.56. The molecule has 0 radical (unpaired) electrons. The third-order valence-electron chi connectivity index (χ3n) is 4.45. The SMILES string of the molecule is CCC1CN(Cc2ccc(C(C)C)cc2)CCC1N. The number of piperidine rings is 1. The van der Waals surface area contributed by atoms with Crippen LogP contribution in [0.15, 0.2) is 24.3 Å². The highest BCUT2D eigenvalue weighted by Crippen LogP contribution is 2.21. The zero-order valence-electron chi connectivity index (χ0n) is 12.6. The smallest absolute Gasteiger partial charge is 0.0233 e. The molecule has 1 aliphatic rings. The molecule has 2 N–H and O–H groups in total. The maximum Gasteiger partial charge on any atom is 0.0233 e. The van der Waals surface area contributed by atoms with Gasteiger partial charge in [-0.25, -0.2) is 0 Å². The summed E-state index contributed by atoms with van der Waals surface area (Å²) >= 11 is 0. The van der Waals surface area contributed by atoms with Crippen LogP contribution in [0.4, 0.5) is 0 Å². The van der Waals surface area contributed by atoms with E-state index in [4.69, 9.17) is 5.73 Å². The van der Waals surface area contributed by atoms with Gasteiger partial charge < -0.3 is 5.73 Å². The van der Waals surface area contributed by atoms with Crippen molar-refractivity contribution in [3.63, 3.8) is 0 Å². The standard InChI is InChI=1S/C17H28N2/c1-4-15-12-19(10-9-17(15)18)11-14-5-7-16(8-6-14)13(2)3/h5-8,13,15,17H,4,9-12,18H2,1-3H3. The topological polar surface area (TPSA) is 29.3 Å². The molecule has 1 aromatic rings. The van der Waals surface area contributed by atoms with Gasteiger partial charge in [0.1, 0.15) is 0 Å². The molecule has 0 amide bonds. The van der Waals surface area contributed by atoms with Crippen LogP contribution >= 0.6 is 0 Å². The highest BCUT2D eigenvalue weighted by molar-refractivity contribution is 5.24. The van der Waals surface area contributed by atoms with E-state index >= 15 is 0 Å². The molecule has 1 aromatic carbocycles. The van der Waals surface area contributed by atoms with Crippen LogP contribution in [-0.4, -0.2) is 24.0 Å². The first-order chi connectivity index (χ1) is 9.10. The van der Waals surface area contributed by atoms with Crippen LogP contribution in [0, 0.1) is 5.92 Å². The Labute approximate surface area is 118 Å². The van der Waals surface area contributed by atoms with Gasteiger partial charge in [-0.05, 0) is 35.9 Å². The molecule has 1 aliphatic heterocycles. The Morgan fingerprint density at radius 1 is 1.26 bits per heavy atom. The summed E-state index contributed by atoms with van der Waals surface area (Å²) in [6.45, 7) is 10.1. The van der Waals surface area contributed by atoms with Crippen molar-refractivity contribution >= 4 is 0 Å². The van der Waals surface area contributed by atoms with Gasteiger partial charge in [-0.2, -0.15) is 0 Å². The number of likely N-dealkylation sites (tertiary alicyclic amines) is 1. The number of nitrogens with zero attached hydrogens (tertiary/aromatic N) is 1. The fourth-order valence-corrected chi connectivity index (χ4v) is 2.97. The number of hydrogen-bond acceptors (Lipinski definition) is 2. The minimum Gasteiger partial charge on any atom is -0.327 e. The molecule has 1 saturated heterocycles. The number of benzene rings is 1. The second-order valence-corrected chi connectivity index (χ2v) is 6.25. The average molecular weight is 260 g/mol. The van der Waals surface area contributed by atoms with Crippen molar-refractivity contribution in [2.24, 2.45) is 11.7 Å². The molecule has 2 atom stereocenters. The van der Waals surface area contributed by atoms with E-state index < -0.39 is 0 Å². The second kappa shape index (κ2) is 6.53. The Hall–Kier alpha value is -0.860. The Bertz CT molecular complexity index is 383. The van der Waals surface area contributed by atoms with E-state index in [1.807, 2.05) is 0 Å². The molecule has 1 heterocycles. The molecule has 0 bridgehead atoms. The highest BCUT2D eigenvalue weighted by atomic mass is 15.1. The van der Waals surface area contributed by atoms with Gasteiger partial charge in [-0.3, -0.25) is 4.90 Å².